The number of hydrogen-bond donors (Lipinski definition) is 1. The number of benzene rings is 1. The van der Waals surface area contributed by atoms with Gasteiger partial charge in [0.1, 0.15) is 0 Å². The van der Waals surface area contributed by atoms with Gasteiger partial charge in [-0.2, -0.15) is 0 Å². The quantitative estimate of drug-likeness (QED) is 0.651. The Morgan fingerprint density at radius 1 is 1.55 bits per heavy atom. The summed E-state index contributed by atoms with van der Waals surface area (Å²) in [6.45, 7) is 0. The monoisotopic (exact) mass is 149 g/mol. The second-order valence-electron chi connectivity index (χ2n) is 2.00. The molecule has 0 aliphatic rings. The lowest BCUT2D eigenvalue weighted by Gasteiger charge is -1.87. The lowest BCUT2D eigenvalue weighted by Crippen LogP contribution is -1.85. The van der Waals surface area contributed by atoms with Gasteiger partial charge in [-0.15, -0.1) is 0 Å². The molecule has 1 aromatic carbocycles. The number of rotatable bonds is 2. The van der Waals surface area contributed by atoms with Gasteiger partial charge in [0.15, 0.2) is 0 Å². The molecule has 1 rings (SSSR count). The van der Waals surface area contributed by atoms with E-state index in [0.29, 0.717) is 6.04 Å². The Morgan fingerprint density at radius 3 is 2.73 bits per heavy atom. The van der Waals surface area contributed by atoms with E-state index in [4.69, 9.17) is 6.48 Å². The molecule has 2 heteroatoms. The first-order valence-corrected chi connectivity index (χ1v) is 3.16. The van der Waals surface area contributed by atoms with Crippen molar-refractivity contribution in [3.8, 4) is 0 Å². The molecule has 0 bridgehead atoms. The molecule has 2 nitrogen and oxygen atoms in total. The molecule has 1 N–H and O–H groups in total. The SMILES string of the molecule is [2H]c1ccc(/C=C/C(=O)O)cc1. The van der Waals surface area contributed by atoms with Crippen molar-refractivity contribution in [3.63, 3.8) is 0 Å². The lowest BCUT2D eigenvalue weighted by atomic mass is 10.2. The number of carbonyl (C=O) groups is 1. The molecule has 0 aromatic heterocycles. The summed E-state index contributed by atoms with van der Waals surface area (Å²) < 4.78 is 7.17. The van der Waals surface area contributed by atoms with Crippen LogP contribution in [0.1, 0.15) is 6.93 Å². The third-order valence-corrected chi connectivity index (χ3v) is 1.16. The molecule has 0 radical (unpaired) electrons. The standard InChI is InChI=1S/C9H8O2/c10-9(11)7-6-8-4-2-1-3-5-8/h1-7H,(H,10,11)/b7-6+/i1D. The Kier molecular flexibility index (Phi) is 1.99. The van der Waals surface area contributed by atoms with Gasteiger partial charge in [-0.3, -0.25) is 0 Å². The molecule has 0 aliphatic carbocycles. The Bertz CT molecular complexity index is 301. The summed E-state index contributed by atoms with van der Waals surface area (Å²) in [6, 6.07) is 7.04. The first-order valence-electron chi connectivity index (χ1n) is 3.66. The van der Waals surface area contributed by atoms with Crippen LogP contribution < -0.4 is 0 Å². The minimum absolute atomic E-state index is 0.419. The topological polar surface area (TPSA) is 37.3 Å². The van der Waals surface area contributed by atoms with E-state index in [9.17, 15) is 4.79 Å². The van der Waals surface area contributed by atoms with Crippen molar-refractivity contribution in [2.24, 2.45) is 0 Å². The van der Waals surface area contributed by atoms with Crippen LogP contribution in [0.2, 0.25) is 0 Å². The number of hydrogen-bond acceptors (Lipinski definition) is 1. The zero-order valence-electron chi connectivity index (χ0n) is 6.82. The molecular weight excluding hydrogens is 140 g/mol. The number of aliphatic carboxylic acids is 1. The largest absolute Gasteiger partial charge is 0.478 e. The predicted molar refractivity (Wildman–Crippen MR) is 43.1 cm³/mol. The highest BCUT2D eigenvalue weighted by molar-refractivity contribution is 5.85. The summed E-state index contributed by atoms with van der Waals surface area (Å²) in [5.41, 5.74) is 0.786. The minimum Gasteiger partial charge on any atom is -0.478 e. The van der Waals surface area contributed by atoms with Crippen LogP contribution in [-0.4, -0.2) is 11.1 Å². The fraction of sp³-hybridized carbons (Fsp3) is 0. The van der Waals surface area contributed by atoms with Gasteiger partial charge >= 0.3 is 5.97 Å². The molecule has 0 saturated heterocycles. The highest BCUT2D eigenvalue weighted by Gasteiger charge is 1.85. The summed E-state index contributed by atoms with van der Waals surface area (Å²) >= 11 is 0. The van der Waals surface area contributed by atoms with Crippen LogP contribution in [0, 0.1) is 0 Å². The highest BCUT2D eigenvalue weighted by Crippen LogP contribution is 1.99. The smallest absolute Gasteiger partial charge is 0.328 e. The van der Waals surface area contributed by atoms with Gasteiger partial charge in [0.25, 0.3) is 0 Å². The van der Waals surface area contributed by atoms with Crippen molar-refractivity contribution in [2.75, 3.05) is 0 Å². The van der Waals surface area contributed by atoms with Gasteiger partial charge in [-0.05, 0) is 11.6 Å². The summed E-state index contributed by atoms with van der Waals surface area (Å²) in [4.78, 5) is 10.1. The molecule has 1 aromatic rings. The van der Waals surface area contributed by atoms with E-state index in [1.54, 1.807) is 24.3 Å². The molecule has 0 amide bonds. The minimum atomic E-state index is -0.968. The molecule has 56 valence electrons. The van der Waals surface area contributed by atoms with E-state index in [0.717, 1.165) is 11.6 Å². The lowest BCUT2D eigenvalue weighted by molar-refractivity contribution is -0.131. The predicted octanol–water partition coefficient (Wildman–Crippen LogP) is 1.78. The number of carboxylic acids is 1. The summed E-state index contributed by atoms with van der Waals surface area (Å²) in [5, 5.41) is 8.31. The van der Waals surface area contributed by atoms with Crippen LogP contribution in [0.4, 0.5) is 0 Å². The Labute approximate surface area is 66.2 Å². The average Bonchev–Trinajstić information content (AvgIpc) is 2.03. The number of carboxylic acid groups (broad SMARTS) is 1. The fourth-order valence-electron chi connectivity index (χ4n) is 0.678. The van der Waals surface area contributed by atoms with Crippen LogP contribution in [0.3, 0.4) is 0 Å². The van der Waals surface area contributed by atoms with E-state index in [-0.39, 0.29) is 0 Å². The van der Waals surface area contributed by atoms with Crippen LogP contribution in [0.25, 0.3) is 6.08 Å². The van der Waals surface area contributed by atoms with Gasteiger partial charge in [0, 0.05) is 6.08 Å². The zero-order chi connectivity index (χ0) is 8.97. The molecular formula is C9H8O2. The first kappa shape index (κ1) is 6.16. The summed E-state index contributed by atoms with van der Waals surface area (Å²) in [7, 11) is 0. The molecule has 0 saturated carbocycles. The van der Waals surface area contributed by atoms with Gasteiger partial charge in [0.2, 0.25) is 0 Å². The maximum Gasteiger partial charge on any atom is 0.328 e. The van der Waals surface area contributed by atoms with E-state index < -0.39 is 5.97 Å². The van der Waals surface area contributed by atoms with Gasteiger partial charge < -0.3 is 5.11 Å². The molecule has 0 heterocycles. The van der Waals surface area contributed by atoms with Crippen LogP contribution in [-0.2, 0) is 4.79 Å². The Hall–Kier alpha value is -1.57. The fourth-order valence-corrected chi connectivity index (χ4v) is 0.678. The summed E-state index contributed by atoms with van der Waals surface area (Å²) in [5.74, 6) is -0.968. The maximum atomic E-state index is 10.1. The normalized spacial score (nSPS) is 11.5. The van der Waals surface area contributed by atoms with Crippen molar-refractivity contribution < 1.29 is 11.3 Å². The van der Waals surface area contributed by atoms with Crippen molar-refractivity contribution in [2.45, 2.75) is 0 Å². The second-order valence-corrected chi connectivity index (χ2v) is 2.00. The Morgan fingerprint density at radius 2 is 2.18 bits per heavy atom. The van der Waals surface area contributed by atoms with E-state index in [2.05, 4.69) is 0 Å². The van der Waals surface area contributed by atoms with Crippen LogP contribution in [0.5, 0.6) is 0 Å². The molecule has 0 atom stereocenters. The summed E-state index contributed by atoms with van der Waals surface area (Å²) in [6.07, 6.45) is 2.56. The van der Waals surface area contributed by atoms with Crippen molar-refractivity contribution in [1.82, 2.24) is 0 Å². The van der Waals surface area contributed by atoms with Crippen molar-refractivity contribution >= 4 is 12.0 Å². The second kappa shape index (κ2) is 3.56. The molecule has 0 aliphatic heterocycles. The van der Waals surface area contributed by atoms with Crippen LogP contribution >= 0.6 is 0 Å². The highest BCUT2D eigenvalue weighted by atomic mass is 16.4. The van der Waals surface area contributed by atoms with E-state index in [1.807, 2.05) is 0 Å². The molecule has 0 spiro atoms. The van der Waals surface area contributed by atoms with Gasteiger partial charge in [0.05, 0.1) is 1.37 Å². The maximum absolute atomic E-state index is 10.1. The van der Waals surface area contributed by atoms with E-state index >= 15 is 0 Å². The van der Waals surface area contributed by atoms with Crippen molar-refractivity contribution in [1.29, 1.82) is 0 Å². The van der Waals surface area contributed by atoms with Crippen molar-refractivity contribution in [3.05, 3.63) is 41.9 Å². The Balaban J connectivity index is 2.77. The van der Waals surface area contributed by atoms with E-state index in [1.165, 1.54) is 6.08 Å². The van der Waals surface area contributed by atoms with Gasteiger partial charge in [-0.1, -0.05) is 30.3 Å². The zero-order valence-corrected chi connectivity index (χ0v) is 5.82. The third-order valence-electron chi connectivity index (χ3n) is 1.16. The average molecular weight is 149 g/mol. The van der Waals surface area contributed by atoms with Gasteiger partial charge in [-0.25, -0.2) is 4.79 Å². The first-order chi connectivity index (χ1) is 5.68. The molecule has 11 heavy (non-hydrogen) atoms. The molecule has 0 unspecified atom stereocenters. The third kappa shape index (κ3) is 2.67. The molecule has 0 fully saturated rings. The van der Waals surface area contributed by atoms with Crippen LogP contribution in [0.15, 0.2) is 36.4 Å².